The monoisotopic (exact) mass is 755 g/mol. The summed E-state index contributed by atoms with van der Waals surface area (Å²) in [6.45, 7) is 20.2. The summed E-state index contributed by atoms with van der Waals surface area (Å²) < 4.78 is 0. The molecule has 0 unspecified atom stereocenters. The normalized spacial score (nSPS) is 14.5. The Kier molecular flexibility index (Phi) is 9.30. The van der Waals surface area contributed by atoms with Crippen molar-refractivity contribution in [1.82, 2.24) is 19.9 Å². The van der Waals surface area contributed by atoms with E-state index in [2.05, 4.69) is 207 Å². The lowest BCUT2D eigenvalue weighted by molar-refractivity contribution is 0.590. The summed E-state index contributed by atoms with van der Waals surface area (Å²) in [6, 6.07) is 31.4. The minimum Gasteiger partial charge on any atom is -0.355 e. The van der Waals surface area contributed by atoms with Gasteiger partial charge in [-0.2, -0.15) is 0 Å². The molecule has 4 heteroatoms. The fourth-order valence-electron chi connectivity index (χ4n) is 8.77. The van der Waals surface area contributed by atoms with Gasteiger partial charge in [-0.1, -0.05) is 108 Å². The standard InChI is InChI=1S/C54H51N4/c1-32-30-33(2)48(34(3)31-32)52-46-28-26-44(57-46)50(36-14-18-38(19-15-36)53(4,5)6)42-24-22-40(55-42)49(35-12-10-11-13-35)41-23-25-43(56-41)51(45-27-29-47(52)58-45)37-16-20-39(21-17-37)54(7,8)9/h10-31,55,58H,1-9H3. The van der Waals surface area contributed by atoms with Crippen LogP contribution < -0.4 is 0 Å². The summed E-state index contributed by atoms with van der Waals surface area (Å²) in [5.74, 6) is 1.12. The number of fused-ring (bicyclic) bond motifs is 8. The first-order valence-corrected chi connectivity index (χ1v) is 20.4. The summed E-state index contributed by atoms with van der Waals surface area (Å²) in [5.41, 5.74) is 21.7. The van der Waals surface area contributed by atoms with Gasteiger partial charge in [0.05, 0.1) is 22.8 Å². The second kappa shape index (κ2) is 14.3. The fourth-order valence-corrected chi connectivity index (χ4v) is 8.77. The van der Waals surface area contributed by atoms with Gasteiger partial charge < -0.3 is 9.97 Å². The first kappa shape index (κ1) is 37.8. The van der Waals surface area contributed by atoms with Crippen LogP contribution in [0.2, 0.25) is 0 Å². The van der Waals surface area contributed by atoms with Gasteiger partial charge >= 0.3 is 0 Å². The number of hydrogen-bond donors (Lipinski definition) is 2. The number of aromatic amines is 2. The zero-order valence-corrected chi connectivity index (χ0v) is 35.1. The molecule has 4 nitrogen and oxygen atoms in total. The molecule has 1 fully saturated rings. The van der Waals surface area contributed by atoms with Gasteiger partial charge in [0.1, 0.15) is 0 Å². The zero-order valence-electron chi connectivity index (χ0n) is 35.1. The van der Waals surface area contributed by atoms with Crippen LogP contribution in [-0.4, -0.2) is 19.9 Å². The summed E-state index contributed by atoms with van der Waals surface area (Å²) in [6.07, 6.45) is 17.2. The van der Waals surface area contributed by atoms with Crippen LogP contribution in [0.3, 0.4) is 0 Å². The van der Waals surface area contributed by atoms with Crippen LogP contribution in [0, 0.1) is 52.4 Å². The van der Waals surface area contributed by atoms with Crippen LogP contribution in [0.25, 0.3) is 79.8 Å². The second-order valence-electron chi connectivity index (χ2n) is 18.1. The lowest BCUT2D eigenvalue weighted by Gasteiger charge is -2.19. The molecule has 2 N–H and O–H groups in total. The summed E-state index contributed by atoms with van der Waals surface area (Å²) >= 11 is 0. The number of benzene rings is 3. The number of H-pyrrole nitrogens is 2. The van der Waals surface area contributed by atoms with Crippen molar-refractivity contribution in [1.29, 1.82) is 0 Å². The average molecular weight is 756 g/mol. The van der Waals surface area contributed by atoms with E-state index in [0.717, 1.165) is 84.1 Å². The quantitative estimate of drug-likeness (QED) is 0.188. The molecule has 0 saturated heterocycles. The minimum absolute atomic E-state index is 0.0412. The Hall–Kier alpha value is -5.74. The summed E-state index contributed by atoms with van der Waals surface area (Å²) in [7, 11) is 0. The van der Waals surface area contributed by atoms with E-state index in [-0.39, 0.29) is 10.8 Å². The molecule has 287 valence electrons. The summed E-state index contributed by atoms with van der Waals surface area (Å²) in [5, 5.41) is 0. The molecule has 6 aromatic rings. The van der Waals surface area contributed by atoms with E-state index in [9.17, 15) is 0 Å². The van der Waals surface area contributed by atoms with Gasteiger partial charge in [-0.25, -0.2) is 9.97 Å². The Morgan fingerprint density at radius 1 is 0.414 bits per heavy atom. The highest BCUT2D eigenvalue weighted by Gasteiger charge is 2.26. The largest absolute Gasteiger partial charge is 0.355 e. The van der Waals surface area contributed by atoms with Gasteiger partial charge in [-0.05, 0) is 145 Å². The third-order valence-electron chi connectivity index (χ3n) is 11.7. The Morgan fingerprint density at radius 3 is 1.19 bits per heavy atom. The van der Waals surface area contributed by atoms with Crippen molar-refractivity contribution < 1.29 is 0 Å². The molecular formula is C54H51N4. The van der Waals surface area contributed by atoms with E-state index in [1.165, 1.54) is 33.4 Å². The number of hydrogen-bond acceptors (Lipinski definition) is 2. The Morgan fingerprint density at radius 2 is 0.776 bits per heavy atom. The number of rotatable bonds is 4. The molecule has 3 aromatic carbocycles. The maximum atomic E-state index is 5.55. The molecule has 0 amide bonds. The van der Waals surface area contributed by atoms with Gasteiger partial charge in [-0.15, -0.1) is 0 Å². The molecule has 58 heavy (non-hydrogen) atoms. The predicted molar refractivity (Wildman–Crippen MR) is 246 cm³/mol. The molecule has 8 bridgehead atoms. The van der Waals surface area contributed by atoms with Gasteiger partial charge in [0, 0.05) is 50.2 Å². The van der Waals surface area contributed by atoms with E-state index in [4.69, 9.17) is 9.97 Å². The highest BCUT2D eigenvalue weighted by molar-refractivity contribution is 5.99. The van der Waals surface area contributed by atoms with Crippen LogP contribution >= 0.6 is 0 Å². The highest BCUT2D eigenvalue weighted by Crippen LogP contribution is 2.41. The van der Waals surface area contributed by atoms with Crippen LogP contribution in [-0.2, 0) is 10.8 Å². The molecular weight excluding hydrogens is 705 g/mol. The van der Waals surface area contributed by atoms with Crippen LogP contribution in [0.5, 0.6) is 0 Å². The molecule has 3 aliphatic rings. The van der Waals surface area contributed by atoms with Gasteiger partial charge in [0.25, 0.3) is 0 Å². The SMILES string of the molecule is Cc1cc(C)c(-c2c3nc(c(-c4ccc(C(C)(C)C)cc4)c4ccc([nH]4)c([C]4[CH][CH][CH][CH]4)c4nc(c(-c5ccc(C(C)(C)C)cc5)c5ccc2[nH]5)C=C4)C=C3)c(C)c1. The molecule has 0 atom stereocenters. The molecule has 3 aromatic heterocycles. The second-order valence-corrected chi connectivity index (χ2v) is 18.1. The Bertz CT molecular complexity index is 2720. The summed E-state index contributed by atoms with van der Waals surface area (Å²) in [4.78, 5) is 18.8. The molecule has 5 heterocycles. The van der Waals surface area contributed by atoms with Crippen LogP contribution in [0.15, 0.2) is 84.9 Å². The Balaban J connectivity index is 1.43. The van der Waals surface area contributed by atoms with Crippen molar-refractivity contribution in [2.45, 2.75) is 73.1 Å². The molecule has 0 spiro atoms. The van der Waals surface area contributed by atoms with Crippen molar-refractivity contribution in [3.05, 3.63) is 173 Å². The number of aromatic nitrogens is 4. The topological polar surface area (TPSA) is 57.4 Å². The molecule has 5 radical (unpaired) electrons. The van der Waals surface area contributed by atoms with E-state index in [0.29, 0.717) is 0 Å². The first-order valence-electron chi connectivity index (χ1n) is 20.4. The van der Waals surface area contributed by atoms with E-state index in [1.54, 1.807) is 0 Å². The van der Waals surface area contributed by atoms with Crippen molar-refractivity contribution in [2.24, 2.45) is 0 Å². The highest BCUT2D eigenvalue weighted by atomic mass is 14.8. The van der Waals surface area contributed by atoms with Gasteiger partial charge in [0.2, 0.25) is 0 Å². The average Bonchev–Trinajstić information content (AvgIpc) is 4.03. The molecule has 1 aliphatic carbocycles. The maximum absolute atomic E-state index is 5.55. The van der Waals surface area contributed by atoms with Gasteiger partial charge in [0.15, 0.2) is 0 Å². The molecule has 1 saturated carbocycles. The van der Waals surface area contributed by atoms with Crippen molar-refractivity contribution >= 4 is 46.4 Å². The lowest BCUT2D eigenvalue weighted by atomic mass is 9.86. The third-order valence-corrected chi connectivity index (χ3v) is 11.7. The molecule has 2 aliphatic heterocycles. The number of nitrogens with one attached hydrogen (secondary N) is 2. The smallest absolute Gasteiger partial charge is 0.0737 e. The fraction of sp³-hybridized carbons (Fsp3) is 0.204. The van der Waals surface area contributed by atoms with E-state index >= 15 is 0 Å². The Labute approximate surface area is 344 Å². The van der Waals surface area contributed by atoms with Crippen molar-refractivity contribution in [3.63, 3.8) is 0 Å². The first-order chi connectivity index (χ1) is 27.7. The van der Waals surface area contributed by atoms with Crippen LogP contribution in [0.1, 0.15) is 97.7 Å². The van der Waals surface area contributed by atoms with Crippen molar-refractivity contribution in [3.8, 4) is 33.4 Å². The number of aryl methyl sites for hydroxylation is 3. The van der Waals surface area contributed by atoms with Crippen molar-refractivity contribution in [2.75, 3.05) is 0 Å². The van der Waals surface area contributed by atoms with Gasteiger partial charge in [-0.3, -0.25) is 0 Å². The van der Waals surface area contributed by atoms with E-state index in [1.807, 2.05) is 0 Å². The number of nitrogens with zero attached hydrogens (tertiary/aromatic N) is 2. The van der Waals surface area contributed by atoms with E-state index < -0.39 is 0 Å². The minimum atomic E-state index is 0.0412. The predicted octanol–water partition coefficient (Wildman–Crippen LogP) is 13.9. The molecule has 9 rings (SSSR count). The third kappa shape index (κ3) is 6.87. The lowest BCUT2D eigenvalue weighted by Crippen LogP contribution is -2.10. The maximum Gasteiger partial charge on any atom is 0.0737 e. The zero-order chi connectivity index (χ0) is 40.5. The van der Waals surface area contributed by atoms with Crippen LogP contribution in [0.4, 0.5) is 0 Å².